The van der Waals surface area contributed by atoms with Crippen molar-refractivity contribution in [2.45, 2.75) is 44.5 Å². The highest BCUT2D eigenvalue weighted by Gasteiger charge is 2.50. The van der Waals surface area contributed by atoms with Crippen molar-refractivity contribution in [3.05, 3.63) is 108 Å². The molecular weight excluding hydrogens is 607 g/mol. The molecular formula is C36H39FN2O8. The van der Waals surface area contributed by atoms with Crippen LogP contribution in [-0.4, -0.2) is 73.3 Å². The molecule has 0 aromatic heterocycles. The van der Waals surface area contributed by atoms with Gasteiger partial charge in [0.05, 0.1) is 32.9 Å². The lowest BCUT2D eigenvalue weighted by Gasteiger charge is -2.23. The minimum atomic E-state index is -2.02. The zero-order valence-corrected chi connectivity index (χ0v) is 26.3. The number of allylic oxidation sites excluding steroid dienone is 1. The van der Waals surface area contributed by atoms with Gasteiger partial charge in [-0.25, -0.2) is 9.18 Å². The number of nitrogens with zero attached hydrogens (tertiary/aromatic N) is 1. The Balaban J connectivity index is 1.33. The van der Waals surface area contributed by atoms with E-state index >= 15 is 4.39 Å². The van der Waals surface area contributed by atoms with Crippen molar-refractivity contribution < 1.29 is 42.5 Å². The van der Waals surface area contributed by atoms with Crippen molar-refractivity contribution in [2.24, 2.45) is 0 Å². The number of para-hydroxylation sites is 1. The first kappa shape index (κ1) is 34.8. The molecule has 4 rings (SSSR count). The van der Waals surface area contributed by atoms with Gasteiger partial charge in [-0.3, -0.25) is 14.4 Å². The number of esters is 2. The number of likely N-dealkylation sites (tertiary alicyclic amines) is 1. The molecule has 0 saturated carbocycles. The molecule has 2 atom stereocenters. The van der Waals surface area contributed by atoms with Crippen molar-refractivity contribution in [1.82, 2.24) is 10.2 Å². The molecule has 1 aliphatic rings. The summed E-state index contributed by atoms with van der Waals surface area (Å²) in [6.45, 7) is 0.858. The van der Waals surface area contributed by atoms with Gasteiger partial charge in [0.2, 0.25) is 5.91 Å². The van der Waals surface area contributed by atoms with Crippen molar-refractivity contribution in [1.29, 1.82) is 0 Å². The second-order valence-electron chi connectivity index (χ2n) is 10.9. The molecule has 11 heteroatoms. The number of hydrogen-bond donors (Lipinski definition) is 1. The number of rotatable bonds is 16. The van der Waals surface area contributed by atoms with Gasteiger partial charge >= 0.3 is 11.9 Å². The average Bonchev–Trinajstić information content (AvgIpc) is 3.44. The lowest BCUT2D eigenvalue weighted by Crippen LogP contribution is -2.46. The molecule has 47 heavy (non-hydrogen) atoms. The summed E-state index contributed by atoms with van der Waals surface area (Å²) in [5, 5.41) is 2.56. The zero-order valence-electron chi connectivity index (χ0n) is 26.3. The van der Waals surface area contributed by atoms with Crippen LogP contribution in [0.15, 0.2) is 97.1 Å². The van der Waals surface area contributed by atoms with Crippen molar-refractivity contribution in [3.63, 3.8) is 0 Å². The van der Waals surface area contributed by atoms with Crippen LogP contribution in [0.2, 0.25) is 0 Å². The summed E-state index contributed by atoms with van der Waals surface area (Å²) in [4.78, 5) is 51.8. The number of benzene rings is 3. The van der Waals surface area contributed by atoms with Crippen LogP contribution in [0.25, 0.3) is 0 Å². The van der Waals surface area contributed by atoms with Gasteiger partial charge in [-0.15, -0.1) is 0 Å². The van der Waals surface area contributed by atoms with Gasteiger partial charge in [-0.05, 0) is 55.3 Å². The van der Waals surface area contributed by atoms with E-state index in [1.165, 1.54) is 0 Å². The van der Waals surface area contributed by atoms with Crippen LogP contribution < -0.4 is 10.1 Å². The monoisotopic (exact) mass is 646 g/mol. The highest BCUT2D eigenvalue weighted by atomic mass is 19.1. The Morgan fingerprint density at radius 3 is 2.30 bits per heavy atom. The standard InChI is InChI=1S/C36H39FN2O8/c1-2-45-33(41)16-10-5-11-21-44-26-36(37)22-31(35(43)46-24-27-12-6-3-7-13-27)39(25-36)32(40)23-38-34(42)28-17-19-30(20-18-28)47-29-14-8-4-9-15-29/h3-9,11-15,17-20,31H,2,10,16,21-26H2,1H3,(H,38,42)/b11-5+/t31-,36+/m0/s1. The minimum absolute atomic E-state index is 0.0364. The predicted octanol–water partition coefficient (Wildman–Crippen LogP) is 5.18. The summed E-state index contributed by atoms with van der Waals surface area (Å²) < 4.78 is 37.6. The molecule has 0 radical (unpaired) electrons. The Morgan fingerprint density at radius 1 is 0.915 bits per heavy atom. The number of ether oxygens (including phenoxy) is 4. The van der Waals surface area contributed by atoms with E-state index in [1.807, 2.05) is 24.3 Å². The maximum absolute atomic E-state index is 16.0. The van der Waals surface area contributed by atoms with E-state index in [4.69, 9.17) is 18.9 Å². The third-order valence-corrected chi connectivity index (χ3v) is 7.26. The zero-order chi connectivity index (χ0) is 33.5. The number of alkyl halides is 1. The van der Waals surface area contributed by atoms with Crippen LogP contribution in [0.5, 0.6) is 11.5 Å². The molecule has 1 heterocycles. The SMILES string of the molecule is CCOC(=O)CC/C=C/COC[C@@]1(F)C[C@@H](C(=O)OCc2ccccc2)N(C(=O)CNC(=O)c2ccc(Oc3ccccc3)cc2)C1. The van der Waals surface area contributed by atoms with E-state index in [9.17, 15) is 19.2 Å². The van der Waals surface area contributed by atoms with Gasteiger partial charge < -0.3 is 29.2 Å². The molecule has 0 unspecified atom stereocenters. The summed E-state index contributed by atoms with van der Waals surface area (Å²) in [6.07, 6.45) is 3.77. The molecule has 1 saturated heterocycles. The van der Waals surface area contributed by atoms with Gasteiger partial charge in [-0.1, -0.05) is 60.7 Å². The molecule has 0 aliphatic carbocycles. The first-order valence-electron chi connectivity index (χ1n) is 15.4. The van der Waals surface area contributed by atoms with Crippen LogP contribution in [-0.2, 0) is 35.2 Å². The molecule has 2 amide bonds. The number of halogens is 1. The number of hydrogen-bond acceptors (Lipinski definition) is 8. The predicted molar refractivity (Wildman–Crippen MR) is 171 cm³/mol. The fourth-order valence-electron chi connectivity index (χ4n) is 4.93. The van der Waals surface area contributed by atoms with E-state index in [-0.39, 0.29) is 38.6 Å². The molecule has 1 N–H and O–H groups in total. The molecule has 248 valence electrons. The Morgan fingerprint density at radius 2 is 1.60 bits per heavy atom. The van der Waals surface area contributed by atoms with Crippen molar-refractivity contribution in [2.75, 3.05) is 32.9 Å². The van der Waals surface area contributed by atoms with Gasteiger partial charge in [0, 0.05) is 18.4 Å². The third kappa shape index (κ3) is 11.1. The number of carbonyl (C=O) groups excluding carboxylic acids is 4. The third-order valence-electron chi connectivity index (χ3n) is 7.26. The first-order chi connectivity index (χ1) is 22.8. The number of nitrogens with one attached hydrogen (secondary N) is 1. The summed E-state index contributed by atoms with van der Waals surface area (Å²) in [6, 6.07) is 23.4. The highest BCUT2D eigenvalue weighted by Crippen LogP contribution is 2.32. The Bertz CT molecular complexity index is 1500. The Hall–Kier alpha value is -5.03. The van der Waals surface area contributed by atoms with E-state index < -0.39 is 42.6 Å². The first-order valence-corrected chi connectivity index (χ1v) is 15.4. The quantitative estimate of drug-likeness (QED) is 0.129. The number of carbonyl (C=O) groups is 4. The maximum atomic E-state index is 16.0. The van der Waals surface area contributed by atoms with E-state index in [0.29, 0.717) is 30.1 Å². The van der Waals surface area contributed by atoms with E-state index in [0.717, 1.165) is 10.5 Å². The minimum Gasteiger partial charge on any atom is -0.466 e. The van der Waals surface area contributed by atoms with Crippen LogP contribution >= 0.6 is 0 Å². The fraction of sp³-hybridized carbons (Fsp3) is 0.333. The van der Waals surface area contributed by atoms with Crippen LogP contribution in [0.1, 0.15) is 42.1 Å². The number of amides is 2. The Kier molecular flexibility index (Phi) is 13.1. The Labute approximate surface area is 273 Å². The summed E-state index contributed by atoms with van der Waals surface area (Å²) >= 11 is 0. The lowest BCUT2D eigenvalue weighted by atomic mass is 10.0. The van der Waals surface area contributed by atoms with Crippen LogP contribution in [0.3, 0.4) is 0 Å². The lowest BCUT2D eigenvalue weighted by molar-refractivity contribution is -0.154. The van der Waals surface area contributed by atoms with Crippen LogP contribution in [0.4, 0.5) is 4.39 Å². The summed E-state index contributed by atoms with van der Waals surface area (Å²) in [5.41, 5.74) is -0.987. The topological polar surface area (TPSA) is 120 Å². The molecule has 0 spiro atoms. The normalized spacial score (nSPS) is 17.3. The molecule has 3 aromatic carbocycles. The van der Waals surface area contributed by atoms with Crippen molar-refractivity contribution in [3.8, 4) is 11.5 Å². The molecule has 3 aromatic rings. The second-order valence-corrected chi connectivity index (χ2v) is 10.9. The van der Waals surface area contributed by atoms with E-state index in [2.05, 4.69) is 5.32 Å². The smallest absolute Gasteiger partial charge is 0.329 e. The maximum Gasteiger partial charge on any atom is 0.329 e. The van der Waals surface area contributed by atoms with Crippen LogP contribution in [0, 0.1) is 0 Å². The van der Waals surface area contributed by atoms with Gasteiger partial charge in [0.25, 0.3) is 5.91 Å². The highest BCUT2D eigenvalue weighted by molar-refractivity contribution is 5.97. The second kappa shape index (κ2) is 17.6. The van der Waals surface area contributed by atoms with Crippen molar-refractivity contribution >= 4 is 23.8 Å². The average molecular weight is 647 g/mol. The summed E-state index contributed by atoms with van der Waals surface area (Å²) in [5.74, 6) is -1.02. The van der Waals surface area contributed by atoms with Gasteiger partial charge in [0.1, 0.15) is 24.1 Å². The summed E-state index contributed by atoms with van der Waals surface area (Å²) in [7, 11) is 0. The molecule has 10 nitrogen and oxygen atoms in total. The van der Waals surface area contributed by atoms with Gasteiger partial charge in [-0.2, -0.15) is 0 Å². The molecule has 0 bridgehead atoms. The van der Waals surface area contributed by atoms with Gasteiger partial charge in [0.15, 0.2) is 5.67 Å². The largest absolute Gasteiger partial charge is 0.466 e. The molecule has 1 fully saturated rings. The fourth-order valence-corrected chi connectivity index (χ4v) is 4.93. The molecule has 1 aliphatic heterocycles. The van der Waals surface area contributed by atoms with E-state index in [1.54, 1.807) is 79.7 Å².